The maximum absolute atomic E-state index is 11.9. The predicted molar refractivity (Wildman–Crippen MR) is 93.8 cm³/mol. The summed E-state index contributed by atoms with van der Waals surface area (Å²) in [6, 6.07) is 3.55. The Bertz CT molecular complexity index is 624. The number of carbonyl (C=O) groups excluding carboxylic acids is 1. The molecule has 0 N–H and O–H groups in total. The van der Waals surface area contributed by atoms with E-state index in [0.717, 1.165) is 11.9 Å². The van der Waals surface area contributed by atoms with Crippen molar-refractivity contribution in [3.05, 3.63) is 22.2 Å². The molecule has 0 unspecified atom stereocenters. The van der Waals surface area contributed by atoms with Gasteiger partial charge in [0.2, 0.25) is 5.91 Å². The van der Waals surface area contributed by atoms with Gasteiger partial charge in [0.05, 0.1) is 26.9 Å². The summed E-state index contributed by atoms with van der Waals surface area (Å²) in [7, 11) is -0.529. The first-order valence-electron chi connectivity index (χ1n) is 7.77. The fraction of sp³-hybridized carbons (Fsp3) is 0.562. The molecule has 0 aromatic heterocycles. The molecule has 2 saturated heterocycles. The molecule has 0 aliphatic carbocycles. The van der Waals surface area contributed by atoms with E-state index in [2.05, 4.69) is 0 Å². The van der Waals surface area contributed by atoms with Crippen molar-refractivity contribution in [3.63, 3.8) is 0 Å². The maximum atomic E-state index is 11.9. The zero-order valence-electron chi connectivity index (χ0n) is 13.8. The summed E-state index contributed by atoms with van der Waals surface area (Å²) < 4.78 is 12.1. The van der Waals surface area contributed by atoms with Gasteiger partial charge in [0.15, 0.2) is 0 Å². The molecule has 1 aromatic carbocycles. The number of hydrogen-bond acceptors (Lipinski definition) is 3. The van der Waals surface area contributed by atoms with Crippen molar-refractivity contribution < 1.29 is 14.1 Å². The molecular formula is C16H20BCl2NO3. The number of hydrogen-bond donors (Lipinski definition) is 0. The second-order valence-electron chi connectivity index (χ2n) is 7.07. The standard InChI is InChI=1S/C16H20BCl2NO3/c1-15(2)16(3,4)23-17(22-15)10-8-11(18)14(12(19)9-10)20-7-5-6-13(20)21/h8-9H,5-7H2,1-4H3. The van der Waals surface area contributed by atoms with Gasteiger partial charge in [-0.15, -0.1) is 0 Å². The number of amides is 1. The molecule has 124 valence electrons. The molecule has 3 rings (SSSR count). The first-order valence-corrected chi connectivity index (χ1v) is 8.53. The van der Waals surface area contributed by atoms with Crippen molar-refractivity contribution in [1.29, 1.82) is 0 Å². The Hall–Kier alpha value is -0.745. The molecule has 2 aliphatic heterocycles. The van der Waals surface area contributed by atoms with Gasteiger partial charge in [-0.1, -0.05) is 23.2 Å². The van der Waals surface area contributed by atoms with Crippen molar-refractivity contribution >= 4 is 47.4 Å². The molecule has 0 atom stereocenters. The summed E-state index contributed by atoms with van der Waals surface area (Å²) in [5.41, 5.74) is 0.477. The lowest BCUT2D eigenvalue weighted by atomic mass is 9.79. The van der Waals surface area contributed by atoms with Crippen LogP contribution in [-0.4, -0.2) is 30.8 Å². The molecule has 0 saturated carbocycles. The third-order valence-electron chi connectivity index (χ3n) is 4.91. The first-order chi connectivity index (χ1) is 10.6. The second-order valence-corrected chi connectivity index (χ2v) is 7.88. The maximum Gasteiger partial charge on any atom is 0.494 e. The Morgan fingerprint density at radius 1 is 1.09 bits per heavy atom. The van der Waals surface area contributed by atoms with Gasteiger partial charge in [0.25, 0.3) is 0 Å². The molecule has 0 bridgehead atoms. The lowest BCUT2D eigenvalue weighted by molar-refractivity contribution is -0.117. The van der Waals surface area contributed by atoms with Gasteiger partial charge in [-0.05, 0) is 51.7 Å². The van der Waals surface area contributed by atoms with Crippen LogP contribution in [0, 0.1) is 0 Å². The predicted octanol–water partition coefficient (Wildman–Crippen LogP) is 3.42. The van der Waals surface area contributed by atoms with Gasteiger partial charge >= 0.3 is 7.12 Å². The van der Waals surface area contributed by atoms with Crippen molar-refractivity contribution in [2.75, 3.05) is 11.4 Å². The van der Waals surface area contributed by atoms with Crippen LogP contribution >= 0.6 is 23.2 Å². The van der Waals surface area contributed by atoms with E-state index in [0.29, 0.717) is 28.7 Å². The number of anilines is 1. The molecule has 2 fully saturated rings. The number of rotatable bonds is 2. The van der Waals surface area contributed by atoms with E-state index in [1.165, 1.54) is 0 Å². The van der Waals surface area contributed by atoms with E-state index < -0.39 is 18.3 Å². The SMILES string of the molecule is CC1(C)OB(c2cc(Cl)c(N3CCCC3=O)c(Cl)c2)OC1(C)C. The number of benzene rings is 1. The highest BCUT2D eigenvalue weighted by Crippen LogP contribution is 2.39. The highest BCUT2D eigenvalue weighted by Gasteiger charge is 2.52. The summed E-state index contributed by atoms with van der Waals surface area (Å²) in [6.07, 6.45) is 1.36. The lowest BCUT2D eigenvalue weighted by Gasteiger charge is -2.32. The van der Waals surface area contributed by atoms with Crippen LogP contribution < -0.4 is 10.4 Å². The summed E-state index contributed by atoms with van der Waals surface area (Å²) in [4.78, 5) is 13.6. The lowest BCUT2D eigenvalue weighted by Crippen LogP contribution is -2.41. The van der Waals surface area contributed by atoms with Gasteiger partial charge in [-0.3, -0.25) is 4.79 Å². The molecule has 1 aromatic rings. The molecule has 23 heavy (non-hydrogen) atoms. The average molecular weight is 356 g/mol. The minimum absolute atomic E-state index is 0.0529. The minimum Gasteiger partial charge on any atom is -0.399 e. The molecule has 7 heteroatoms. The van der Waals surface area contributed by atoms with E-state index in [4.69, 9.17) is 32.5 Å². The van der Waals surface area contributed by atoms with Crippen LogP contribution in [0.25, 0.3) is 0 Å². The number of carbonyl (C=O) groups is 1. The van der Waals surface area contributed by atoms with Gasteiger partial charge in [0, 0.05) is 13.0 Å². The third-order valence-corrected chi connectivity index (χ3v) is 5.48. The van der Waals surface area contributed by atoms with Crippen molar-refractivity contribution in [3.8, 4) is 0 Å². The zero-order chi connectivity index (χ0) is 17.0. The van der Waals surface area contributed by atoms with Crippen LogP contribution in [0.5, 0.6) is 0 Å². The summed E-state index contributed by atoms with van der Waals surface area (Å²) in [5.74, 6) is 0.0529. The summed E-state index contributed by atoms with van der Waals surface area (Å²) in [5, 5.41) is 0.884. The molecule has 1 amide bonds. The Labute approximate surface area is 147 Å². The van der Waals surface area contributed by atoms with Crippen molar-refractivity contribution in [2.45, 2.75) is 51.7 Å². The van der Waals surface area contributed by atoms with Crippen LogP contribution in [-0.2, 0) is 14.1 Å². The quantitative estimate of drug-likeness (QED) is 0.763. The van der Waals surface area contributed by atoms with E-state index >= 15 is 0 Å². The van der Waals surface area contributed by atoms with Gasteiger partial charge in [-0.25, -0.2) is 0 Å². The fourth-order valence-electron chi connectivity index (χ4n) is 2.84. The van der Waals surface area contributed by atoms with E-state index in [-0.39, 0.29) is 5.91 Å². The Morgan fingerprint density at radius 3 is 2.04 bits per heavy atom. The topological polar surface area (TPSA) is 38.8 Å². The van der Waals surface area contributed by atoms with E-state index in [1.807, 2.05) is 27.7 Å². The number of halogens is 2. The van der Waals surface area contributed by atoms with E-state index in [9.17, 15) is 4.79 Å². The Morgan fingerprint density at radius 2 is 1.61 bits per heavy atom. The second kappa shape index (κ2) is 5.66. The Kier molecular flexibility index (Phi) is 4.20. The smallest absolute Gasteiger partial charge is 0.399 e. The normalized spacial score (nSPS) is 23.0. The van der Waals surface area contributed by atoms with Crippen LogP contribution in [0.3, 0.4) is 0 Å². The Balaban J connectivity index is 1.94. The van der Waals surface area contributed by atoms with Gasteiger partial charge in [0.1, 0.15) is 0 Å². The third kappa shape index (κ3) is 2.89. The molecular weight excluding hydrogens is 336 g/mol. The molecule has 2 heterocycles. The largest absolute Gasteiger partial charge is 0.494 e. The minimum atomic E-state index is -0.529. The average Bonchev–Trinajstić information content (AvgIpc) is 2.91. The van der Waals surface area contributed by atoms with Crippen LogP contribution in [0.4, 0.5) is 5.69 Å². The van der Waals surface area contributed by atoms with E-state index in [1.54, 1.807) is 17.0 Å². The van der Waals surface area contributed by atoms with Crippen LogP contribution in [0.15, 0.2) is 12.1 Å². The number of nitrogens with zero attached hydrogens (tertiary/aromatic N) is 1. The van der Waals surface area contributed by atoms with Gasteiger partial charge < -0.3 is 14.2 Å². The highest BCUT2D eigenvalue weighted by molar-refractivity contribution is 6.63. The summed E-state index contributed by atoms with van der Waals surface area (Å²) in [6.45, 7) is 8.62. The van der Waals surface area contributed by atoms with Gasteiger partial charge in [-0.2, -0.15) is 0 Å². The summed E-state index contributed by atoms with van der Waals surface area (Å²) >= 11 is 12.8. The molecule has 0 radical (unpaired) electrons. The van der Waals surface area contributed by atoms with Crippen molar-refractivity contribution in [1.82, 2.24) is 0 Å². The first kappa shape index (κ1) is 17.1. The highest BCUT2D eigenvalue weighted by atomic mass is 35.5. The zero-order valence-corrected chi connectivity index (χ0v) is 15.3. The fourth-order valence-corrected chi connectivity index (χ4v) is 3.55. The molecule has 2 aliphatic rings. The van der Waals surface area contributed by atoms with Crippen LogP contribution in [0.1, 0.15) is 40.5 Å². The monoisotopic (exact) mass is 355 g/mol. The molecule has 0 spiro atoms. The van der Waals surface area contributed by atoms with Crippen LogP contribution in [0.2, 0.25) is 10.0 Å². The van der Waals surface area contributed by atoms with Crippen molar-refractivity contribution in [2.24, 2.45) is 0 Å². The molecule has 4 nitrogen and oxygen atoms in total.